The summed E-state index contributed by atoms with van der Waals surface area (Å²) in [4.78, 5) is 5.50. The van der Waals surface area contributed by atoms with Crippen LogP contribution in [-0.2, 0) is 6.42 Å². The molecule has 0 aromatic carbocycles. The number of aryl methyl sites for hydroxylation is 1. The maximum atomic E-state index is 9.41. The lowest BCUT2D eigenvalue weighted by molar-refractivity contribution is 0.178. The molecule has 0 saturated carbocycles. The Morgan fingerprint density at radius 2 is 2.57 bits per heavy atom. The zero-order valence-electron chi connectivity index (χ0n) is 8.42. The van der Waals surface area contributed by atoms with Gasteiger partial charge in [-0.25, -0.2) is 4.98 Å². The number of hydrogen-bond acceptors (Lipinski definition) is 4. The first-order valence-electron chi connectivity index (χ1n) is 5.01. The van der Waals surface area contributed by atoms with Gasteiger partial charge in [-0.05, 0) is 26.3 Å². The fourth-order valence-corrected chi connectivity index (χ4v) is 2.97. The quantitative estimate of drug-likeness (QED) is 0.789. The van der Waals surface area contributed by atoms with Crippen LogP contribution in [0.15, 0.2) is 6.20 Å². The van der Waals surface area contributed by atoms with Gasteiger partial charge in [0.2, 0.25) is 0 Å². The molecule has 1 aromatic heterocycles. The lowest BCUT2D eigenvalue weighted by Crippen LogP contribution is -2.45. The van der Waals surface area contributed by atoms with Crippen LogP contribution < -0.4 is 5.32 Å². The van der Waals surface area contributed by atoms with Gasteiger partial charge in [0.25, 0.3) is 0 Å². The first-order chi connectivity index (χ1) is 6.74. The predicted molar refractivity (Wildman–Crippen MR) is 57.6 cm³/mol. The average Bonchev–Trinajstić information content (AvgIpc) is 2.77. The normalized spacial score (nSPS) is 27.0. The van der Waals surface area contributed by atoms with Crippen LogP contribution in [0.1, 0.15) is 22.7 Å². The standard InChI is InChI=1S/C10H16N2OS/c1-8-11-6-9(14-8)5-10(7-13)3-2-4-12-10/h6,12-13H,2-5,7H2,1H3. The summed E-state index contributed by atoms with van der Waals surface area (Å²) < 4.78 is 0. The van der Waals surface area contributed by atoms with Crippen molar-refractivity contribution < 1.29 is 5.11 Å². The van der Waals surface area contributed by atoms with Gasteiger partial charge in [-0.1, -0.05) is 0 Å². The van der Waals surface area contributed by atoms with E-state index in [1.807, 2.05) is 13.1 Å². The van der Waals surface area contributed by atoms with E-state index in [4.69, 9.17) is 0 Å². The van der Waals surface area contributed by atoms with Crippen LogP contribution in [-0.4, -0.2) is 28.8 Å². The molecule has 0 aliphatic carbocycles. The predicted octanol–water partition coefficient (Wildman–Crippen LogP) is 1.11. The monoisotopic (exact) mass is 212 g/mol. The zero-order chi connectivity index (χ0) is 10.0. The number of nitrogens with one attached hydrogen (secondary N) is 1. The van der Waals surface area contributed by atoms with Crippen LogP contribution >= 0.6 is 11.3 Å². The third-order valence-corrected chi connectivity index (χ3v) is 3.73. The van der Waals surface area contributed by atoms with Crippen molar-refractivity contribution in [2.75, 3.05) is 13.2 Å². The molecule has 0 spiro atoms. The summed E-state index contributed by atoms with van der Waals surface area (Å²) in [6.45, 7) is 3.27. The molecule has 1 aromatic rings. The Labute approximate surface area is 88.2 Å². The van der Waals surface area contributed by atoms with Crippen LogP contribution in [0.25, 0.3) is 0 Å². The van der Waals surface area contributed by atoms with E-state index in [-0.39, 0.29) is 12.1 Å². The molecule has 1 aliphatic rings. The third-order valence-electron chi connectivity index (χ3n) is 2.82. The second-order valence-electron chi connectivity index (χ2n) is 3.99. The molecular weight excluding hydrogens is 196 g/mol. The second-order valence-corrected chi connectivity index (χ2v) is 5.31. The largest absolute Gasteiger partial charge is 0.394 e. The van der Waals surface area contributed by atoms with Crippen LogP contribution in [0.2, 0.25) is 0 Å². The maximum Gasteiger partial charge on any atom is 0.0896 e. The first kappa shape index (κ1) is 10.1. The van der Waals surface area contributed by atoms with Crippen LogP contribution in [0, 0.1) is 6.92 Å². The molecule has 1 fully saturated rings. The van der Waals surface area contributed by atoms with Crippen molar-refractivity contribution in [2.24, 2.45) is 0 Å². The Morgan fingerprint density at radius 3 is 3.07 bits per heavy atom. The minimum Gasteiger partial charge on any atom is -0.394 e. The number of thiazole rings is 1. The molecular formula is C10H16N2OS. The molecule has 0 bridgehead atoms. The van der Waals surface area contributed by atoms with E-state index in [0.717, 1.165) is 24.4 Å². The molecule has 14 heavy (non-hydrogen) atoms. The number of aliphatic hydroxyl groups is 1. The summed E-state index contributed by atoms with van der Waals surface area (Å²) in [5.74, 6) is 0. The van der Waals surface area contributed by atoms with E-state index in [2.05, 4.69) is 10.3 Å². The Balaban J connectivity index is 2.08. The zero-order valence-corrected chi connectivity index (χ0v) is 9.23. The third kappa shape index (κ3) is 1.97. The lowest BCUT2D eigenvalue weighted by atomic mass is 9.94. The van der Waals surface area contributed by atoms with E-state index in [1.54, 1.807) is 11.3 Å². The SMILES string of the molecule is Cc1ncc(CC2(CO)CCCN2)s1. The van der Waals surface area contributed by atoms with Gasteiger partial charge >= 0.3 is 0 Å². The van der Waals surface area contributed by atoms with Crippen molar-refractivity contribution in [1.29, 1.82) is 0 Å². The number of aliphatic hydroxyl groups excluding tert-OH is 1. The number of aromatic nitrogens is 1. The van der Waals surface area contributed by atoms with E-state index in [0.29, 0.717) is 0 Å². The smallest absolute Gasteiger partial charge is 0.0896 e. The molecule has 1 aliphatic heterocycles. The summed E-state index contributed by atoms with van der Waals surface area (Å²) in [7, 11) is 0. The number of rotatable bonds is 3. The summed E-state index contributed by atoms with van der Waals surface area (Å²) in [6, 6.07) is 0. The Kier molecular flexibility index (Phi) is 2.85. The van der Waals surface area contributed by atoms with Crippen LogP contribution in [0.3, 0.4) is 0 Å². The first-order valence-corrected chi connectivity index (χ1v) is 5.83. The molecule has 4 heteroatoms. The minimum absolute atomic E-state index is 0.0705. The van der Waals surface area contributed by atoms with E-state index in [1.165, 1.54) is 11.3 Å². The molecule has 3 nitrogen and oxygen atoms in total. The molecule has 1 atom stereocenters. The fraction of sp³-hybridized carbons (Fsp3) is 0.700. The molecule has 2 heterocycles. The van der Waals surface area contributed by atoms with Crippen molar-refractivity contribution in [2.45, 2.75) is 31.7 Å². The summed E-state index contributed by atoms with van der Waals surface area (Å²) in [5.41, 5.74) is -0.0705. The van der Waals surface area contributed by atoms with Crippen LogP contribution in [0.5, 0.6) is 0 Å². The van der Waals surface area contributed by atoms with Gasteiger partial charge in [-0.15, -0.1) is 11.3 Å². The maximum absolute atomic E-state index is 9.41. The number of nitrogens with zero attached hydrogens (tertiary/aromatic N) is 1. The van der Waals surface area contributed by atoms with Gasteiger partial charge in [0.05, 0.1) is 11.6 Å². The van der Waals surface area contributed by atoms with E-state index in [9.17, 15) is 5.11 Å². The highest BCUT2D eigenvalue weighted by Gasteiger charge is 2.33. The molecule has 2 N–H and O–H groups in total. The highest BCUT2D eigenvalue weighted by atomic mass is 32.1. The van der Waals surface area contributed by atoms with Crippen molar-refractivity contribution >= 4 is 11.3 Å². The average molecular weight is 212 g/mol. The topological polar surface area (TPSA) is 45.2 Å². The van der Waals surface area contributed by atoms with Gasteiger partial charge in [0.1, 0.15) is 0 Å². The second kappa shape index (κ2) is 3.96. The van der Waals surface area contributed by atoms with Gasteiger partial charge in [0.15, 0.2) is 0 Å². The van der Waals surface area contributed by atoms with Gasteiger partial charge in [-0.2, -0.15) is 0 Å². The van der Waals surface area contributed by atoms with Crippen molar-refractivity contribution in [3.05, 3.63) is 16.1 Å². The summed E-state index contributed by atoms with van der Waals surface area (Å²) in [5, 5.41) is 13.9. The molecule has 0 radical (unpaired) electrons. The number of hydrogen-bond donors (Lipinski definition) is 2. The van der Waals surface area contributed by atoms with E-state index < -0.39 is 0 Å². The Morgan fingerprint density at radius 1 is 1.71 bits per heavy atom. The molecule has 1 unspecified atom stereocenters. The van der Waals surface area contributed by atoms with Crippen LogP contribution in [0.4, 0.5) is 0 Å². The lowest BCUT2D eigenvalue weighted by Gasteiger charge is -2.26. The van der Waals surface area contributed by atoms with Crippen molar-refractivity contribution in [3.63, 3.8) is 0 Å². The van der Waals surface area contributed by atoms with E-state index >= 15 is 0 Å². The fourth-order valence-electron chi connectivity index (χ4n) is 2.03. The molecule has 2 rings (SSSR count). The Bertz CT molecular complexity index is 305. The summed E-state index contributed by atoms with van der Waals surface area (Å²) in [6.07, 6.45) is 5.07. The minimum atomic E-state index is -0.0705. The molecule has 78 valence electrons. The van der Waals surface area contributed by atoms with Gasteiger partial charge in [0, 0.05) is 23.0 Å². The highest BCUT2D eigenvalue weighted by molar-refractivity contribution is 7.11. The van der Waals surface area contributed by atoms with Gasteiger partial charge < -0.3 is 10.4 Å². The Hall–Kier alpha value is -0.450. The molecule has 1 saturated heterocycles. The van der Waals surface area contributed by atoms with Crippen molar-refractivity contribution in [1.82, 2.24) is 10.3 Å². The van der Waals surface area contributed by atoms with Gasteiger partial charge in [-0.3, -0.25) is 0 Å². The summed E-state index contributed by atoms with van der Waals surface area (Å²) >= 11 is 1.73. The highest BCUT2D eigenvalue weighted by Crippen LogP contribution is 2.26. The molecule has 0 amide bonds. The van der Waals surface area contributed by atoms with Crippen molar-refractivity contribution in [3.8, 4) is 0 Å².